The Bertz CT molecular complexity index is 622. The van der Waals surface area contributed by atoms with Gasteiger partial charge in [0.05, 0.1) is 5.56 Å². The van der Waals surface area contributed by atoms with E-state index in [1.807, 2.05) is 0 Å². The first-order valence-corrected chi connectivity index (χ1v) is 5.84. The summed E-state index contributed by atoms with van der Waals surface area (Å²) in [7, 11) is 0. The number of benzene rings is 2. The summed E-state index contributed by atoms with van der Waals surface area (Å²) < 4.78 is 0.412. The molecule has 0 saturated carbocycles. The van der Waals surface area contributed by atoms with Crippen molar-refractivity contribution in [2.75, 3.05) is 0 Å². The van der Waals surface area contributed by atoms with Crippen molar-refractivity contribution in [3.05, 3.63) is 52.0 Å². The van der Waals surface area contributed by atoms with Crippen LogP contribution in [-0.4, -0.2) is 21.1 Å². The molecule has 0 radical (unpaired) electrons. The lowest BCUT2D eigenvalue weighted by molar-refractivity contribution is 0.103. The van der Waals surface area contributed by atoms with Crippen LogP contribution in [0.15, 0.2) is 40.9 Å². The zero-order valence-corrected chi connectivity index (χ0v) is 10.7. The number of phenols is 3. The summed E-state index contributed by atoms with van der Waals surface area (Å²) in [4.78, 5) is 12.2. The van der Waals surface area contributed by atoms with Crippen molar-refractivity contribution < 1.29 is 20.1 Å². The molecule has 0 aromatic heterocycles. The maximum Gasteiger partial charge on any atom is 0.198 e. The Morgan fingerprint density at radius 1 is 1.00 bits per heavy atom. The van der Waals surface area contributed by atoms with Crippen molar-refractivity contribution >= 4 is 21.7 Å². The lowest BCUT2D eigenvalue weighted by atomic mass is 10.0. The van der Waals surface area contributed by atoms with Crippen LogP contribution in [0.4, 0.5) is 0 Å². The van der Waals surface area contributed by atoms with Crippen LogP contribution in [0.3, 0.4) is 0 Å². The van der Waals surface area contributed by atoms with Gasteiger partial charge in [-0.1, -0.05) is 6.07 Å². The molecule has 18 heavy (non-hydrogen) atoms. The highest BCUT2D eigenvalue weighted by Crippen LogP contribution is 2.32. The SMILES string of the molecule is O=C(c1ccc(O)cc1Br)c1cccc(O)c1O. The fraction of sp³-hybridized carbons (Fsp3) is 0. The molecule has 0 aliphatic carbocycles. The first-order chi connectivity index (χ1) is 8.50. The van der Waals surface area contributed by atoms with Crippen LogP contribution >= 0.6 is 15.9 Å². The van der Waals surface area contributed by atoms with Crippen molar-refractivity contribution in [1.82, 2.24) is 0 Å². The summed E-state index contributed by atoms with van der Waals surface area (Å²) in [5.41, 5.74) is 0.287. The Kier molecular flexibility index (Phi) is 3.25. The molecule has 2 aromatic rings. The minimum Gasteiger partial charge on any atom is -0.508 e. The molecule has 0 heterocycles. The molecule has 0 spiro atoms. The van der Waals surface area contributed by atoms with E-state index >= 15 is 0 Å². The molecule has 0 aliphatic rings. The minimum atomic E-state index is -0.456. The Morgan fingerprint density at radius 3 is 2.39 bits per heavy atom. The highest BCUT2D eigenvalue weighted by atomic mass is 79.9. The number of carbonyl (C=O) groups excluding carboxylic acids is 1. The zero-order valence-electron chi connectivity index (χ0n) is 9.09. The van der Waals surface area contributed by atoms with Crippen molar-refractivity contribution in [3.63, 3.8) is 0 Å². The fourth-order valence-electron chi connectivity index (χ4n) is 1.55. The third kappa shape index (κ3) is 2.17. The summed E-state index contributed by atoms with van der Waals surface area (Å²) in [5, 5.41) is 28.3. The Balaban J connectivity index is 2.51. The van der Waals surface area contributed by atoms with Gasteiger partial charge in [0, 0.05) is 10.0 Å². The van der Waals surface area contributed by atoms with Gasteiger partial charge in [0.2, 0.25) is 0 Å². The van der Waals surface area contributed by atoms with Gasteiger partial charge >= 0.3 is 0 Å². The van der Waals surface area contributed by atoms with E-state index in [1.165, 1.54) is 36.4 Å². The molecular weight excluding hydrogens is 300 g/mol. The molecule has 0 unspecified atom stereocenters. The average Bonchev–Trinajstić information content (AvgIpc) is 2.32. The molecule has 3 N–H and O–H groups in total. The van der Waals surface area contributed by atoms with Crippen LogP contribution in [0.5, 0.6) is 17.2 Å². The molecule has 0 fully saturated rings. The van der Waals surface area contributed by atoms with Crippen LogP contribution in [0.2, 0.25) is 0 Å². The molecule has 0 bridgehead atoms. The predicted octanol–water partition coefficient (Wildman–Crippen LogP) is 2.80. The number of hydrogen-bond acceptors (Lipinski definition) is 4. The normalized spacial score (nSPS) is 10.3. The van der Waals surface area contributed by atoms with Gasteiger partial charge in [-0.25, -0.2) is 0 Å². The molecule has 92 valence electrons. The summed E-state index contributed by atoms with van der Waals surface area (Å²) >= 11 is 3.16. The first-order valence-electron chi connectivity index (χ1n) is 5.05. The van der Waals surface area contributed by atoms with Crippen molar-refractivity contribution in [2.45, 2.75) is 0 Å². The Morgan fingerprint density at radius 2 is 1.72 bits per heavy atom. The Labute approximate surface area is 111 Å². The monoisotopic (exact) mass is 308 g/mol. The van der Waals surface area contributed by atoms with Crippen LogP contribution in [-0.2, 0) is 0 Å². The van der Waals surface area contributed by atoms with Crippen LogP contribution in [0, 0.1) is 0 Å². The summed E-state index contributed by atoms with van der Waals surface area (Å²) in [5.74, 6) is -1.23. The quantitative estimate of drug-likeness (QED) is 0.589. The third-order valence-corrected chi connectivity index (χ3v) is 3.11. The molecule has 0 amide bonds. The topological polar surface area (TPSA) is 77.8 Å². The second-order valence-electron chi connectivity index (χ2n) is 3.67. The summed E-state index contributed by atoms with van der Waals surface area (Å²) in [6.45, 7) is 0. The Hall–Kier alpha value is -2.01. The number of rotatable bonds is 2. The number of hydrogen-bond donors (Lipinski definition) is 3. The van der Waals surface area contributed by atoms with Gasteiger partial charge in [0.1, 0.15) is 5.75 Å². The molecule has 0 saturated heterocycles. The summed E-state index contributed by atoms with van der Waals surface area (Å²) in [6.07, 6.45) is 0. The zero-order chi connectivity index (χ0) is 13.3. The van der Waals surface area contributed by atoms with Crippen molar-refractivity contribution in [3.8, 4) is 17.2 Å². The highest BCUT2D eigenvalue weighted by molar-refractivity contribution is 9.10. The van der Waals surface area contributed by atoms with Crippen molar-refractivity contribution in [1.29, 1.82) is 0 Å². The van der Waals surface area contributed by atoms with E-state index in [0.29, 0.717) is 4.47 Å². The minimum absolute atomic E-state index is 0.00129. The number of phenolic OH excluding ortho intramolecular Hbond substituents is 3. The third-order valence-electron chi connectivity index (χ3n) is 2.46. The molecule has 4 nitrogen and oxygen atoms in total. The number of aromatic hydroxyl groups is 3. The van der Waals surface area contributed by atoms with Gasteiger partial charge in [-0.05, 0) is 46.3 Å². The van der Waals surface area contributed by atoms with Crippen LogP contribution < -0.4 is 0 Å². The van der Waals surface area contributed by atoms with Gasteiger partial charge in [-0.15, -0.1) is 0 Å². The highest BCUT2D eigenvalue weighted by Gasteiger charge is 2.18. The smallest absolute Gasteiger partial charge is 0.198 e. The van der Waals surface area contributed by atoms with Gasteiger partial charge in [-0.3, -0.25) is 4.79 Å². The molecule has 0 aliphatic heterocycles. The molecule has 0 atom stereocenters. The second kappa shape index (κ2) is 4.70. The van der Waals surface area contributed by atoms with E-state index in [9.17, 15) is 20.1 Å². The lowest BCUT2D eigenvalue weighted by Crippen LogP contribution is -2.02. The van der Waals surface area contributed by atoms with E-state index in [4.69, 9.17) is 0 Å². The second-order valence-corrected chi connectivity index (χ2v) is 4.52. The lowest BCUT2D eigenvalue weighted by Gasteiger charge is -2.07. The van der Waals surface area contributed by atoms with Crippen LogP contribution in [0.25, 0.3) is 0 Å². The van der Waals surface area contributed by atoms with Crippen molar-refractivity contribution in [2.24, 2.45) is 0 Å². The van der Waals surface area contributed by atoms with E-state index in [1.54, 1.807) is 0 Å². The summed E-state index contributed by atoms with van der Waals surface area (Å²) in [6, 6.07) is 8.36. The van der Waals surface area contributed by atoms with E-state index in [0.717, 1.165) is 0 Å². The number of carbonyl (C=O) groups is 1. The average molecular weight is 309 g/mol. The predicted molar refractivity (Wildman–Crippen MR) is 69.0 cm³/mol. The van der Waals surface area contributed by atoms with Gasteiger partial charge < -0.3 is 15.3 Å². The van der Waals surface area contributed by atoms with Crippen LogP contribution in [0.1, 0.15) is 15.9 Å². The van der Waals surface area contributed by atoms with Gasteiger partial charge in [-0.2, -0.15) is 0 Å². The van der Waals surface area contributed by atoms with Gasteiger partial charge in [0.25, 0.3) is 0 Å². The number of ketones is 1. The molecule has 5 heteroatoms. The fourth-order valence-corrected chi connectivity index (χ4v) is 2.09. The molecule has 2 rings (SSSR count). The van der Waals surface area contributed by atoms with E-state index in [-0.39, 0.29) is 22.6 Å². The maximum absolute atomic E-state index is 12.2. The number of halogens is 1. The molecular formula is C13H9BrO4. The van der Waals surface area contributed by atoms with E-state index in [2.05, 4.69) is 15.9 Å². The molecule has 2 aromatic carbocycles. The first kappa shape index (κ1) is 12.4. The maximum atomic E-state index is 12.2. The van der Waals surface area contributed by atoms with Gasteiger partial charge in [0.15, 0.2) is 17.3 Å². The largest absolute Gasteiger partial charge is 0.508 e. The number of para-hydroxylation sites is 1. The standard InChI is InChI=1S/C13H9BrO4/c14-10-6-7(15)4-5-8(10)12(17)9-2-1-3-11(16)13(9)18/h1-6,15-16,18H. The van der Waals surface area contributed by atoms with E-state index < -0.39 is 11.5 Å².